The Labute approximate surface area is 157 Å². The Hall–Kier alpha value is -3.81. The van der Waals surface area contributed by atoms with E-state index in [1.807, 2.05) is 0 Å². The van der Waals surface area contributed by atoms with E-state index >= 15 is 0 Å². The average molecular weight is 384 g/mol. The summed E-state index contributed by atoms with van der Waals surface area (Å²) in [5, 5.41) is 50.4. The molecule has 0 saturated carbocycles. The standard InChI is InChI=1S/C20H16O8/c1-8(21)2-13(23)17-11(6-15(25)26)4-9-3-10-5-12(22)7-14(24)16(10)19(27)18(9)20(17)28/h3-5,7,22,24,27-28H,2,6H2,1H3,(H,25,26). The van der Waals surface area contributed by atoms with Crippen LogP contribution in [0.25, 0.3) is 21.5 Å². The number of Topliss-reactive ketones (excluding diaryl/α,β-unsaturated/α-hetero) is 2. The van der Waals surface area contributed by atoms with Gasteiger partial charge in [0, 0.05) is 6.07 Å². The summed E-state index contributed by atoms with van der Waals surface area (Å²) in [7, 11) is 0. The van der Waals surface area contributed by atoms with E-state index in [9.17, 15) is 34.8 Å². The molecule has 0 aliphatic carbocycles. The lowest BCUT2D eigenvalue weighted by Crippen LogP contribution is -2.11. The topological polar surface area (TPSA) is 152 Å². The van der Waals surface area contributed by atoms with Crippen LogP contribution in [0.15, 0.2) is 24.3 Å². The van der Waals surface area contributed by atoms with Crippen molar-refractivity contribution in [1.82, 2.24) is 0 Å². The summed E-state index contributed by atoms with van der Waals surface area (Å²) in [6.07, 6.45) is -1.13. The van der Waals surface area contributed by atoms with E-state index in [1.54, 1.807) is 0 Å². The third-order valence-electron chi connectivity index (χ3n) is 4.36. The van der Waals surface area contributed by atoms with Crippen LogP contribution in [0.5, 0.6) is 23.0 Å². The zero-order valence-corrected chi connectivity index (χ0v) is 14.7. The van der Waals surface area contributed by atoms with Crippen molar-refractivity contribution in [2.24, 2.45) is 0 Å². The van der Waals surface area contributed by atoms with Gasteiger partial charge in [0.05, 0.1) is 29.2 Å². The molecule has 8 heteroatoms. The lowest BCUT2D eigenvalue weighted by atomic mass is 9.91. The number of hydrogen-bond acceptors (Lipinski definition) is 7. The van der Waals surface area contributed by atoms with Gasteiger partial charge in [-0.05, 0) is 41.5 Å². The highest BCUT2D eigenvalue weighted by Crippen LogP contribution is 2.46. The van der Waals surface area contributed by atoms with Crippen LogP contribution in [0, 0.1) is 0 Å². The summed E-state index contributed by atoms with van der Waals surface area (Å²) >= 11 is 0. The number of phenolic OH excluding ortho intramolecular Hbond substituents is 4. The fourth-order valence-corrected chi connectivity index (χ4v) is 3.33. The van der Waals surface area contributed by atoms with Gasteiger partial charge < -0.3 is 25.5 Å². The van der Waals surface area contributed by atoms with E-state index < -0.39 is 47.6 Å². The number of aromatic hydroxyl groups is 4. The molecule has 0 atom stereocenters. The molecule has 0 aliphatic rings. The molecule has 0 unspecified atom stereocenters. The zero-order chi connectivity index (χ0) is 20.7. The van der Waals surface area contributed by atoms with E-state index in [1.165, 1.54) is 25.1 Å². The van der Waals surface area contributed by atoms with E-state index in [-0.39, 0.29) is 38.4 Å². The van der Waals surface area contributed by atoms with Gasteiger partial charge in [-0.25, -0.2) is 0 Å². The second-order valence-corrected chi connectivity index (χ2v) is 6.52. The van der Waals surface area contributed by atoms with E-state index in [0.717, 1.165) is 6.07 Å². The van der Waals surface area contributed by atoms with Crippen LogP contribution in [-0.2, 0) is 16.0 Å². The molecule has 0 fully saturated rings. The lowest BCUT2D eigenvalue weighted by molar-refractivity contribution is -0.136. The van der Waals surface area contributed by atoms with Crippen molar-refractivity contribution in [3.8, 4) is 23.0 Å². The number of carbonyl (C=O) groups is 3. The number of benzene rings is 3. The predicted molar refractivity (Wildman–Crippen MR) is 99.1 cm³/mol. The van der Waals surface area contributed by atoms with Crippen LogP contribution in [0.1, 0.15) is 29.3 Å². The molecule has 3 rings (SSSR count). The maximum Gasteiger partial charge on any atom is 0.307 e. The Kier molecular flexibility index (Phi) is 4.56. The first-order valence-corrected chi connectivity index (χ1v) is 8.20. The maximum absolute atomic E-state index is 12.5. The molecule has 0 spiro atoms. The van der Waals surface area contributed by atoms with Crippen LogP contribution in [0.2, 0.25) is 0 Å². The minimum Gasteiger partial charge on any atom is -0.508 e. The first kappa shape index (κ1) is 19.0. The first-order chi connectivity index (χ1) is 13.1. The molecule has 8 nitrogen and oxygen atoms in total. The quantitative estimate of drug-likeness (QED) is 0.256. The Balaban J connectivity index is 2.44. The monoisotopic (exact) mass is 384 g/mol. The second-order valence-electron chi connectivity index (χ2n) is 6.52. The minimum absolute atomic E-state index is 0.0214. The van der Waals surface area contributed by atoms with E-state index in [0.29, 0.717) is 0 Å². The molecule has 3 aromatic rings. The Morgan fingerprint density at radius 2 is 1.50 bits per heavy atom. The van der Waals surface area contributed by atoms with Gasteiger partial charge in [0.25, 0.3) is 0 Å². The first-order valence-electron chi connectivity index (χ1n) is 8.20. The SMILES string of the molecule is CC(=O)CC(=O)c1c(CC(=O)O)cc2cc3cc(O)cc(O)c3c(O)c2c1O. The molecular weight excluding hydrogens is 368 g/mol. The van der Waals surface area contributed by atoms with Crippen molar-refractivity contribution in [2.45, 2.75) is 19.8 Å². The summed E-state index contributed by atoms with van der Waals surface area (Å²) in [5.41, 5.74) is -0.384. The number of carboxylic acid groups (broad SMARTS) is 1. The highest BCUT2D eigenvalue weighted by Gasteiger charge is 2.25. The van der Waals surface area contributed by atoms with E-state index in [2.05, 4.69) is 0 Å². The number of hydrogen-bond donors (Lipinski definition) is 5. The predicted octanol–water partition coefficient (Wildman–Crippen LogP) is 2.60. The third kappa shape index (κ3) is 3.16. The summed E-state index contributed by atoms with van der Waals surface area (Å²) < 4.78 is 0. The molecule has 0 saturated heterocycles. The highest BCUT2D eigenvalue weighted by molar-refractivity contribution is 6.17. The lowest BCUT2D eigenvalue weighted by Gasteiger charge is -2.15. The number of carboxylic acids is 1. The van der Waals surface area contributed by atoms with Crippen molar-refractivity contribution in [3.63, 3.8) is 0 Å². The van der Waals surface area contributed by atoms with Gasteiger partial charge in [-0.1, -0.05) is 0 Å². The largest absolute Gasteiger partial charge is 0.508 e. The molecule has 144 valence electrons. The number of phenols is 4. The van der Waals surface area contributed by atoms with Crippen LogP contribution >= 0.6 is 0 Å². The maximum atomic E-state index is 12.5. The van der Waals surface area contributed by atoms with Gasteiger partial charge in [0.1, 0.15) is 28.8 Å². The number of fused-ring (bicyclic) bond motifs is 2. The molecule has 0 amide bonds. The van der Waals surface area contributed by atoms with Crippen LogP contribution in [0.4, 0.5) is 0 Å². The van der Waals surface area contributed by atoms with Crippen molar-refractivity contribution in [1.29, 1.82) is 0 Å². The van der Waals surface area contributed by atoms with Crippen molar-refractivity contribution in [3.05, 3.63) is 35.4 Å². The van der Waals surface area contributed by atoms with Crippen molar-refractivity contribution < 1.29 is 39.9 Å². The molecule has 0 aromatic heterocycles. The number of carbonyl (C=O) groups excluding carboxylic acids is 2. The van der Waals surface area contributed by atoms with Gasteiger partial charge in [0.15, 0.2) is 5.78 Å². The van der Waals surface area contributed by atoms with Crippen molar-refractivity contribution in [2.75, 3.05) is 0 Å². The summed E-state index contributed by atoms with van der Waals surface area (Å²) in [6.45, 7) is 1.18. The molecule has 0 bridgehead atoms. The third-order valence-corrected chi connectivity index (χ3v) is 4.36. The summed E-state index contributed by atoms with van der Waals surface area (Å²) in [4.78, 5) is 35.0. The van der Waals surface area contributed by atoms with Gasteiger partial charge in [-0.2, -0.15) is 0 Å². The molecule has 0 aliphatic heterocycles. The number of ketones is 2. The zero-order valence-electron chi connectivity index (χ0n) is 14.7. The van der Waals surface area contributed by atoms with Gasteiger partial charge in [-0.3, -0.25) is 14.4 Å². The number of aliphatic carboxylic acids is 1. The van der Waals surface area contributed by atoms with Gasteiger partial charge in [-0.15, -0.1) is 0 Å². The average Bonchev–Trinajstić information content (AvgIpc) is 2.51. The van der Waals surface area contributed by atoms with Crippen molar-refractivity contribution >= 4 is 39.1 Å². The normalized spacial score (nSPS) is 11.0. The van der Waals surface area contributed by atoms with E-state index in [4.69, 9.17) is 5.11 Å². The molecule has 0 radical (unpaired) electrons. The Morgan fingerprint density at radius 1 is 0.857 bits per heavy atom. The second kappa shape index (κ2) is 6.73. The summed E-state index contributed by atoms with van der Waals surface area (Å²) in [6, 6.07) is 5.02. The molecular formula is C20H16O8. The smallest absolute Gasteiger partial charge is 0.307 e. The van der Waals surface area contributed by atoms with Crippen LogP contribution < -0.4 is 0 Å². The van der Waals surface area contributed by atoms with Gasteiger partial charge >= 0.3 is 5.97 Å². The Morgan fingerprint density at radius 3 is 2.11 bits per heavy atom. The molecule has 0 heterocycles. The minimum atomic E-state index is -1.25. The van der Waals surface area contributed by atoms with Crippen LogP contribution in [-0.4, -0.2) is 43.1 Å². The highest BCUT2D eigenvalue weighted by atomic mass is 16.4. The molecule has 28 heavy (non-hydrogen) atoms. The fourth-order valence-electron chi connectivity index (χ4n) is 3.33. The van der Waals surface area contributed by atoms with Gasteiger partial charge in [0.2, 0.25) is 0 Å². The summed E-state index contributed by atoms with van der Waals surface area (Å²) in [5.74, 6) is -4.42. The Bertz CT molecular complexity index is 1180. The van der Waals surface area contributed by atoms with Crippen LogP contribution in [0.3, 0.4) is 0 Å². The number of rotatable bonds is 5. The fraction of sp³-hybridized carbons (Fsp3) is 0.150. The molecule has 3 aromatic carbocycles. The molecule has 5 N–H and O–H groups in total.